The van der Waals surface area contributed by atoms with Crippen LogP contribution in [-0.4, -0.2) is 30.2 Å². The zero-order valence-corrected chi connectivity index (χ0v) is 13.2. The number of amides is 2. The smallest absolute Gasteiger partial charge is 0.414 e. The lowest BCUT2D eigenvalue weighted by Crippen LogP contribution is -2.52. The molecule has 0 saturated heterocycles. The van der Waals surface area contributed by atoms with Crippen LogP contribution in [0.15, 0.2) is 24.3 Å². The lowest BCUT2D eigenvalue weighted by atomic mass is 10.1. The molecule has 5 nitrogen and oxygen atoms in total. The van der Waals surface area contributed by atoms with Gasteiger partial charge in [-0.25, -0.2) is 4.79 Å². The summed E-state index contributed by atoms with van der Waals surface area (Å²) in [5.74, 6) is -0.0289. The van der Waals surface area contributed by atoms with Gasteiger partial charge in [0.25, 0.3) is 0 Å². The number of carbonyl (C=O) groups is 2. The highest BCUT2D eigenvalue weighted by Crippen LogP contribution is 2.36. The summed E-state index contributed by atoms with van der Waals surface area (Å²) >= 11 is 0. The minimum Gasteiger partial charge on any atom is -0.443 e. The molecule has 0 radical (unpaired) electrons. The van der Waals surface area contributed by atoms with Crippen molar-refractivity contribution in [1.29, 1.82) is 0 Å². The van der Waals surface area contributed by atoms with Gasteiger partial charge in [0.15, 0.2) is 0 Å². The molecular weight excluding hydrogens is 268 g/mol. The number of hydrogen-bond acceptors (Lipinski definition) is 3. The minimum atomic E-state index is -0.549. The summed E-state index contributed by atoms with van der Waals surface area (Å²) in [5.41, 5.74) is 0.905. The third kappa shape index (κ3) is 3.17. The topological polar surface area (TPSA) is 49.9 Å². The van der Waals surface area contributed by atoms with Gasteiger partial charge >= 0.3 is 6.09 Å². The Morgan fingerprint density at radius 1 is 1.19 bits per heavy atom. The average molecular weight is 290 g/mol. The Hall–Kier alpha value is -2.04. The number of benzene rings is 1. The Balaban J connectivity index is 2.40. The number of anilines is 2. The van der Waals surface area contributed by atoms with Crippen LogP contribution in [0.5, 0.6) is 0 Å². The van der Waals surface area contributed by atoms with Crippen molar-refractivity contribution in [3.8, 4) is 0 Å². The van der Waals surface area contributed by atoms with Gasteiger partial charge in [-0.2, -0.15) is 0 Å². The molecule has 0 aromatic heterocycles. The van der Waals surface area contributed by atoms with E-state index in [2.05, 4.69) is 0 Å². The summed E-state index contributed by atoms with van der Waals surface area (Å²) in [7, 11) is 0. The Kier molecular flexibility index (Phi) is 3.94. The fraction of sp³-hybridized carbons (Fsp3) is 0.500. The molecule has 2 rings (SSSR count). The second-order valence-electron chi connectivity index (χ2n) is 6.32. The van der Waals surface area contributed by atoms with E-state index < -0.39 is 5.60 Å². The molecule has 5 heteroatoms. The van der Waals surface area contributed by atoms with Crippen molar-refractivity contribution in [3.05, 3.63) is 24.3 Å². The van der Waals surface area contributed by atoms with Crippen molar-refractivity contribution in [2.24, 2.45) is 0 Å². The summed E-state index contributed by atoms with van der Waals surface area (Å²) in [6, 6.07) is 7.31. The van der Waals surface area contributed by atoms with Gasteiger partial charge < -0.3 is 9.64 Å². The van der Waals surface area contributed by atoms with E-state index in [1.165, 1.54) is 6.92 Å². The van der Waals surface area contributed by atoms with Crippen molar-refractivity contribution >= 4 is 23.4 Å². The fourth-order valence-corrected chi connectivity index (χ4v) is 2.55. The monoisotopic (exact) mass is 290 g/mol. The molecule has 0 N–H and O–H groups in total. The molecule has 0 bridgehead atoms. The number of carbonyl (C=O) groups excluding carboxylic acids is 2. The van der Waals surface area contributed by atoms with Gasteiger partial charge in [0.05, 0.1) is 17.4 Å². The second-order valence-corrected chi connectivity index (χ2v) is 6.32. The number of para-hydroxylation sites is 2. The number of hydrogen-bond donors (Lipinski definition) is 0. The Bertz CT molecular complexity index is 563. The van der Waals surface area contributed by atoms with Crippen LogP contribution >= 0.6 is 0 Å². The molecule has 1 aliphatic rings. The first-order valence-corrected chi connectivity index (χ1v) is 7.10. The van der Waals surface area contributed by atoms with Crippen molar-refractivity contribution in [3.63, 3.8) is 0 Å². The molecule has 2 amide bonds. The van der Waals surface area contributed by atoms with Gasteiger partial charge in [-0.3, -0.25) is 9.69 Å². The lowest BCUT2D eigenvalue weighted by molar-refractivity contribution is -0.117. The lowest BCUT2D eigenvalue weighted by Gasteiger charge is -2.40. The maximum Gasteiger partial charge on any atom is 0.414 e. The molecule has 0 aliphatic carbocycles. The largest absolute Gasteiger partial charge is 0.443 e. The predicted octanol–water partition coefficient (Wildman–Crippen LogP) is 3.18. The highest BCUT2D eigenvalue weighted by molar-refractivity contribution is 6.02. The van der Waals surface area contributed by atoms with Crippen LogP contribution in [0.3, 0.4) is 0 Å². The van der Waals surface area contributed by atoms with Crippen LogP contribution in [0.2, 0.25) is 0 Å². The van der Waals surface area contributed by atoms with Gasteiger partial charge in [0, 0.05) is 13.5 Å². The molecule has 1 atom stereocenters. The second kappa shape index (κ2) is 5.39. The van der Waals surface area contributed by atoms with E-state index in [0.717, 1.165) is 5.69 Å². The van der Waals surface area contributed by atoms with Crippen LogP contribution in [0, 0.1) is 0 Å². The zero-order chi connectivity index (χ0) is 15.8. The van der Waals surface area contributed by atoms with E-state index in [0.29, 0.717) is 12.2 Å². The summed E-state index contributed by atoms with van der Waals surface area (Å²) < 4.78 is 5.46. The predicted molar refractivity (Wildman–Crippen MR) is 82.6 cm³/mol. The standard InChI is InChI=1S/C16H22N2O3/c1-11-10-17(15(20)21-16(3,4)5)13-8-6-7-9-14(13)18(11)12(2)19/h6-9,11H,10H2,1-5H3/t11-/m0/s1. The molecule has 1 aromatic carbocycles. The first-order chi connectivity index (χ1) is 9.70. The van der Waals surface area contributed by atoms with Crippen LogP contribution < -0.4 is 9.80 Å². The average Bonchev–Trinajstić information content (AvgIpc) is 2.35. The first-order valence-electron chi connectivity index (χ1n) is 7.10. The van der Waals surface area contributed by atoms with Crippen LogP contribution in [0.4, 0.5) is 16.2 Å². The molecular formula is C16H22N2O3. The van der Waals surface area contributed by atoms with E-state index in [1.807, 2.05) is 52.0 Å². The van der Waals surface area contributed by atoms with Crippen molar-refractivity contribution in [1.82, 2.24) is 0 Å². The highest BCUT2D eigenvalue weighted by atomic mass is 16.6. The van der Waals surface area contributed by atoms with Gasteiger partial charge in [-0.15, -0.1) is 0 Å². The molecule has 0 unspecified atom stereocenters. The molecule has 0 spiro atoms. The van der Waals surface area contributed by atoms with E-state index in [-0.39, 0.29) is 18.0 Å². The number of ether oxygens (including phenoxy) is 1. The molecule has 21 heavy (non-hydrogen) atoms. The van der Waals surface area contributed by atoms with Crippen molar-refractivity contribution in [2.45, 2.75) is 46.3 Å². The SMILES string of the molecule is CC(=O)N1c2ccccc2N(C(=O)OC(C)(C)C)C[C@@H]1C. The zero-order valence-electron chi connectivity index (χ0n) is 13.2. The maximum absolute atomic E-state index is 12.4. The summed E-state index contributed by atoms with van der Waals surface area (Å²) in [5, 5.41) is 0. The summed E-state index contributed by atoms with van der Waals surface area (Å²) in [6.07, 6.45) is -0.384. The minimum absolute atomic E-state index is 0.0289. The van der Waals surface area contributed by atoms with Gasteiger partial charge in [0.1, 0.15) is 5.60 Å². The maximum atomic E-state index is 12.4. The Morgan fingerprint density at radius 2 is 1.76 bits per heavy atom. The van der Waals surface area contributed by atoms with Gasteiger partial charge in [0.2, 0.25) is 5.91 Å². The quantitative estimate of drug-likeness (QED) is 0.737. The molecule has 1 aromatic rings. The van der Waals surface area contributed by atoms with Gasteiger partial charge in [-0.05, 0) is 39.8 Å². The van der Waals surface area contributed by atoms with Crippen LogP contribution in [0.1, 0.15) is 34.6 Å². The highest BCUT2D eigenvalue weighted by Gasteiger charge is 2.35. The summed E-state index contributed by atoms with van der Waals surface area (Å²) in [4.78, 5) is 27.6. The molecule has 1 aliphatic heterocycles. The number of fused-ring (bicyclic) bond motifs is 1. The van der Waals surface area contributed by atoms with E-state index in [4.69, 9.17) is 4.74 Å². The fourth-order valence-electron chi connectivity index (χ4n) is 2.55. The number of rotatable bonds is 0. The Labute approximate surface area is 125 Å². The molecule has 0 fully saturated rings. The number of nitrogens with zero attached hydrogens (tertiary/aromatic N) is 2. The third-order valence-electron chi connectivity index (χ3n) is 3.27. The van der Waals surface area contributed by atoms with Crippen molar-refractivity contribution < 1.29 is 14.3 Å². The normalized spacial score (nSPS) is 18.2. The molecule has 1 heterocycles. The van der Waals surface area contributed by atoms with Crippen molar-refractivity contribution in [2.75, 3.05) is 16.3 Å². The van der Waals surface area contributed by atoms with E-state index in [1.54, 1.807) is 9.80 Å². The van der Waals surface area contributed by atoms with Gasteiger partial charge in [-0.1, -0.05) is 12.1 Å². The Morgan fingerprint density at radius 3 is 2.29 bits per heavy atom. The first kappa shape index (κ1) is 15.4. The van der Waals surface area contributed by atoms with Crippen LogP contribution in [0.25, 0.3) is 0 Å². The summed E-state index contributed by atoms with van der Waals surface area (Å²) in [6.45, 7) is 9.40. The van der Waals surface area contributed by atoms with Crippen LogP contribution in [-0.2, 0) is 9.53 Å². The molecule has 0 saturated carbocycles. The van der Waals surface area contributed by atoms with E-state index >= 15 is 0 Å². The third-order valence-corrected chi connectivity index (χ3v) is 3.27. The van der Waals surface area contributed by atoms with E-state index in [9.17, 15) is 9.59 Å². The molecule has 114 valence electrons.